The second-order valence-electron chi connectivity index (χ2n) is 9.47. The topological polar surface area (TPSA) is 93.2 Å². The highest BCUT2D eigenvalue weighted by Gasteiger charge is 2.28. The van der Waals surface area contributed by atoms with Crippen LogP contribution in [0.5, 0.6) is 0 Å². The van der Waals surface area contributed by atoms with E-state index in [1.54, 1.807) is 0 Å². The Hall–Kier alpha value is -3.85. The minimum atomic E-state index is -0.0546. The van der Waals surface area contributed by atoms with E-state index in [1.807, 2.05) is 21.3 Å². The molecule has 1 atom stereocenters. The molecular weight excluding hydrogens is 482 g/mol. The molecule has 2 aliphatic rings. The van der Waals surface area contributed by atoms with Gasteiger partial charge < -0.3 is 15.5 Å². The molecule has 188 valence electrons. The number of aromatic nitrogens is 4. The molecule has 1 saturated heterocycles. The monoisotopic (exact) mass is 511 g/mol. The number of nitrogens with two attached hydrogens (primary N) is 1. The summed E-state index contributed by atoms with van der Waals surface area (Å²) in [7, 11) is 0. The fourth-order valence-corrected chi connectivity index (χ4v) is 6.37. The summed E-state index contributed by atoms with van der Waals surface area (Å²) < 4.78 is 1.93. The predicted octanol–water partition coefficient (Wildman–Crippen LogP) is 4.54. The van der Waals surface area contributed by atoms with Gasteiger partial charge in [-0.2, -0.15) is 5.10 Å². The molecule has 0 aliphatic carbocycles. The van der Waals surface area contributed by atoms with Crippen molar-refractivity contribution in [3.63, 3.8) is 0 Å². The van der Waals surface area contributed by atoms with E-state index in [2.05, 4.69) is 70.0 Å². The van der Waals surface area contributed by atoms with Crippen LogP contribution in [0.25, 0.3) is 22.3 Å². The Morgan fingerprint density at radius 1 is 1.14 bits per heavy atom. The molecule has 0 saturated carbocycles. The highest BCUT2D eigenvalue weighted by molar-refractivity contribution is 7.99. The van der Waals surface area contributed by atoms with E-state index in [-0.39, 0.29) is 11.9 Å². The second-order valence-corrected chi connectivity index (χ2v) is 10.6. The van der Waals surface area contributed by atoms with Gasteiger partial charge in [0.25, 0.3) is 0 Å². The number of benzene rings is 2. The van der Waals surface area contributed by atoms with E-state index in [1.165, 1.54) is 28.5 Å². The van der Waals surface area contributed by atoms with Crippen molar-refractivity contribution in [2.75, 3.05) is 36.0 Å². The lowest BCUT2D eigenvalue weighted by Crippen LogP contribution is -2.40. The Morgan fingerprint density at radius 3 is 2.81 bits per heavy atom. The Balaban J connectivity index is 1.31. The molecule has 9 heteroatoms. The van der Waals surface area contributed by atoms with Crippen LogP contribution in [0.15, 0.2) is 72.4 Å². The highest BCUT2D eigenvalue weighted by atomic mass is 32.2. The van der Waals surface area contributed by atoms with Crippen LogP contribution in [0, 0.1) is 0 Å². The van der Waals surface area contributed by atoms with Gasteiger partial charge in [0.15, 0.2) is 5.65 Å². The molecule has 0 bridgehead atoms. The van der Waals surface area contributed by atoms with Crippen LogP contribution in [-0.4, -0.2) is 55.9 Å². The number of hydrogen-bond acceptors (Lipinski definition) is 7. The molecule has 1 amide bonds. The Labute approximate surface area is 220 Å². The normalized spacial score (nSPS) is 17.6. The van der Waals surface area contributed by atoms with Crippen molar-refractivity contribution in [3.05, 3.63) is 73.1 Å². The molecule has 6 rings (SSSR count). The van der Waals surface area contributed by atoms with E-state index in [0.717, 1.165) is 54.9 Å². The molecule has 37 heavy (non-hydrogen) atoms. The van der Waals surface area contributed by atoms with Gasteiger partial charge in [0.05, 0.1) is 17.1 Å². The van der Waals surface area contributed by atoms with E-state index in [4.69, 9.17) is 10.8 Å². The fourth-order valence-electron chi connectivity index (χ4n) is 5.32. The summed E-state index contributed by atoms with van der Waals surface area (Å²) in [5.41, 5.74) is 11.3. The summed E-state index contributed by atoms with van der Waals surface area (Å²) in [4.78, 5) is 26.7. The van der Waals surface area contributed by atoms with Crippen LogP contribution < -0.4 is 10.6 Å². The number of nitrogens with zero attached hydrogens (tertiary/aromatic N) is 6. The molecule has 4 aromatic rings. The molecule has 2 N–H and O–H groups in total. The quantitative estimate of drug-likeness (QED) is 0.393. The van der Waals surface area contributed by atoms with Gasteiger partial charge in [0, 0.05) is 42.4 Å². The Morgan fingerprint density at radius 2 is 1.97 bits per heavy atom. The first-order valence-corrected chi connectivity index (χ1v) is 13.6. The molecular formula is C28H29N7OS. The van der Waals surface area contributed by atoms with Gasteiger partial charge in [-0.1, -0.05) is 43.0 Å². The molecule has 4 heterocycles. The standard InChI is InChI=1S/C28H29N7OS/c1-2-24(36)34-13-5-6-21(17-34)35-28-25(27(29)30-18-31-28)26(32-35)20-11-9-19(10-12-20)16-33-14-15-37-23-8-4-3-7-22(23)33/h2-4,7-12,18,21H,1,5-6,13-17H2,(H2,29,30,31). The van der Waals surface area contributed by atoms with Crippen LogP contribution in [0.3, 0.4) is 0 Å². The first kappa shape index (κ1) is 23.5. The summed E-state index contributed by atoms with van der Waals surface area (Å²) in [5, 5.41) is 5.75. The number of anilines is 2. The minimum Gasteiger partial charge on any atom is -0.383 e. The summed E-state index contributed by atoms with van der Waals surface area (Å²) in [6.07, 6.45) is 4.66. The number of piperidine rings is 1. The molecule has 2 aliphatic heterocycles. The SMILES string of the molecule is C=CC(=O)N1CCCC(n2nc(-c3ccc(CN4CCSc5ccccc54)cc3)c3c(N)ncnc32)C1. The van der Waals surface area contributed by atoms with Crippen molar-refractivity contribution >= 4 is 40.2 Å². The van der Waals surface area contributed by atoms with Crippen LogP contribution in [-0.2, 0) is 11.3 Å². The van der Waals surface area contributed by atoms with Gasteiger partial charge in [0.1, 0.15) is 17.8 Å². The zero-order valence-electron chi connectivity index (χ0n) is 20.6. The fraction of sp³-hybridized carbons (Fsp3) is 0.286. The first-order valence-electron chi connectivity index (χ1n) is 12.6. The number of nitrogen functional groups attached to an aromatic ring is 1. The van der Waals surface area contributed by atoms with Gasteiger partial charge in [0.2, 0.25) is 5.91 Å². The number of likely N-dealkylation sites (tertiary alicyclic amines) is 1. The third-order valence-electron chi connectivity index (χ3n) is 7.17. The molecule has 1 unspecified atom stereocenters. The van der Waals surface area contributed by atoms with E-state index >= 15 is 0 Å². The number of carbonyl (C=O) groups excluding carboxylic acids is 1. The molecule has 2 aromatic heterocycles. The van der Waals surface area contributed by atoms with Gasteiger partial charge in [-0.25, -0.2) is 14.6 Å². The zero-order valence-corrected chi connectivity index (χ0v) is 21.4. The minimum absolute atomic E-state index is 0.0134. The second kappa shape index (κ2) is 9.89. The maximum atomic E-state index is 12.3. The van der Waals surface area contributed by atoms with E-state index in [9.17, 15) is 4.79 Å². The van der Waals surface area contributed by atoms with E-state index < -0.39 is 0 Å². The average Bonchev–Trinajstić information content (AvgIpc) is 3.34. The number of rotatable bonds is 5. The molecule has 0 radical (unpaired) electrons. The number of amides is 1. The Kier molecular flexibility index (Phi) is 6.30. The summed E-state index contributed by atoms with van der Waals surface area (Å²) in [5.74, 6) is 1.45. The molecule has 2 aromatic carbocycles. The third-order valence-corrected chi connectivity index (χ3v) is 8.22. The van der Waals surface area contributed by atoms with Gasteiger partial charge >= 0.3 is 0 Å². The maximum Gasteiger partial charge on any atom is 0.246 e. The third kappa shape index (κ3) is 4.44. The van der Waals surface area contributed by atoms with Crippen molar-refractivity contribution in [2.45, 2.75) is 30.3 Å². The number of carbonyl (C=O) groups is 1. The van der Waals surface area contributed by atoms with Crippen molar-refractivity contribution in [1.29, 1.82) is 0 Å². The van der Waals surface area contributed by atoms with Crippen LogP contribution in [0.4, 0.5) is 11.5 Å². The van der Waals surface area contributed by atoms with Crippen LogP contribution in [0.1, 0.15) is 24.4 Å². The van der Waals surface area contributed by atoms with E-state index in [0.29, 0.717) is 18.0 Å². The molecule has 0 spiro atoms. The number of para-hydroxylation sites is 1. The first-order chi connectivity index (χ1) is 18.1. The van der Waals surface area contributed by atoms with Gasteiger partial charge in [-0.05, 0) is 36.6 Å². The summed E-state index contributed by atoms with van der Waals surface area (Å²) >= 11 is 1.92. The van der Waals surface area contributed by atoms with Crippen molar-refractivity contribution in [3.8, 4) is 11.3 Å². The van der Waals surface area contributed by atoms with Crippen LogP contribution in [0.2, 0.25) is 0 Å². The highest BCUT2D eigenvalue weighted by Crippen LogP contribution is 2.36. The summed E-state index contributed by atoms with van der Waals surface area (Å²) in [6, 6.07) is 17.2. The van der Waals surface area contributed by atoms with Crippen molar-refractivity contribution < 1.29 is 4.79 Å². The van der Waals surface area contributed by atoms with Gasteiger partial charge in [-0.3, -0.25) is 4.79 Å². The van der Waals surface area contributed by atoms with Crippen LogP contribution >= 0.6 is 11.8 Å². The molecule has 1 fully saturated rings. The van der Waals surface area contributed by atoms with Crippen molar-refractivity contribution in [1.82, 2.24) is 24.6 Å². The molecule has 8 nitrogen and oxygen atoms in total. The lowest BCUT2D eigenvalue weighted by Gasteiger charge is -2.32. The number of thioether (sulfide) groups is 1. The number of hydrogen-bond donors (Lipinski definition) is 1. The van der Waals surface area contributed by atoms with Gasteiger partial charge in [-0.15, -0.1) is 11.8 Å². The predicted molar refractivity (Wildman–Crippen MR) is 148 cm³/mol. The zero-order chi connectivity index (χ0) is 25.4. The summed E-state index contributed by atoms with van der Waals surface area (Å²) in [6.45, 7) is 6.82. The Bertz CT molecular complexity index is 1470. The maximum absolute atomic E-state index is 12.3. The lowest BCUT2D eigenvalue weighted by atomic mass is 10.1. The lowest BCUT2D eigenvalue weighted by molar-refractivity contribution is -0.127. The number of fused-ring (bicyclic) bond motifs is 2. The van der Waals surface area contributed by atoms with Crippen molar-refractivity contribution in [2.24, 2.45) is 0 Å². The largest absolute Gasteiger partial charge is 0.383 e. The average molecular weight is 512 g/mol. The smallest absolute Gasteiger partial charge is 0.246 e.